The molecule has 0 aromatic carbocycles. The molecule has 0 radical (unpaired) electrons. The summed E-state index contributed by atoms with van der Waals surface area (Å²) in [6, 6.07) is 1.62. The third kappa shape index (κ3) is 1.95. The lowest BCUT2D eigenvalue weighted by Gasteiger charge is -2.23. The van der Waals surface area contributed by atoms with E-state index in [9.17, 15) is 9.90 Å². The Hall–Kier alpha value is -1.00. The Morgan fingerprint density at radius 1 is 1.69 bits per heavy atom. The summed E-state index contributed by atoms with van der Waals surface area (Å²) < 4.78 is 1.72. The molecule has 1 fully saturated rings. The zero-order valence-corrected chi connectivity index (χ0v) is 9.94. The molecule has 1 saturated heterocycles. The Balaban J connectivity index is 2.21. The van der Waals surface area contributed by atoms with Crippen LogP contribution >= 0.6 is 11.6 Å². The number of aliphatic hydroxyl groups is 1. The molecule has 0 unspecified atom stereocenters. The van der Waals surface area contributed by atoms with Crippen LogP contribution in [0, 0.1) is 0 Å². The summed E-state index contributed by atoms with van der Waals surface area (Å²) in [6.07, 6.45) is 3.54. The molecule has 0 bridgehead atoms. The van der Waals surface area contributed by atoms with Gasteiger partial charge < -0.3 is 14.6 Å². The molecular weight excluding hydrogens is 228 g/mol. The van der Waals surface area contributed by atoms with Crippen molar-refractivity contribution in [1.82, 2.24) is 9.47 Å². The number of halogens is 1. The van der Waals surface area contributed by atoms with Crippen molar-refractivity contribution >= 4 is 17.5 Å². The van der Waals surface area contributed by atoms with Crippen molar-refractivity contribution in [2.45, 2.75) is 18.9 Å². The van der Waals surface area contributed by atoms with Crippen molar-refractivity contribution in [3.05, 3.63) is 23.0 Å². The van der Waals surface area contributed by atoms with Gasteiger partial charge in [0.05, 0.1) is 17.7 Å². The second-order valence-electron chi connectivity index (χ2n) is 4.13. The normalized spacial score (nSPS) is 20.4. The average Bonchev–Trinajstić information content (AvgIpc) is 2.83. The predicted octanol–water partition coefficient (Wildman–Crippen LogP) is 1.28. The monoisotopic (exact) mass is 242 g/mol. The first kappa shape index (κ1) is 11.5. The van der Waals surface area contributed by atoms with Gasteiger partial charge in [0.15, 0.2) is 0 Å². The number of nitrogens with zero attached hydrogens (tertiary/aromatic N) is 2. The predicted molar refractivity (Wildman–Crippen MR) is 61.6 cm³/mol. The van der Waals surface area contributed by atoms with Crippen molar-refractivity contribution in [3.8, 4) is 0 Å². The topological polar surface area (TPSA) is 45.5 Å². The molecule has 1 aromatic rings. The molecular formula is C11H15ClN2O2. The number of amides is 1. The van der Waals surface area contributed by atoms with E-state index in [1.54, 1.807) is 28.8 Å². The van der Waals surface area contributed by atoms with Gasteiger partial charge in [-0.15, -0.1) is 0 Å². The number of aliphatic hydroxyl groups excluding tert-OH is 1. The Bertz CT molecular complexity index is 403. The van der Waals surface area contributed by atoms with Crippen LogP contribution in [-0.4, -0.2) is 39.7 Å². The largest absolute Gasteiger partial charge is 0.394 e. The van der Waals surface area contributed by atoms with Gasteiger partial charge in [0.1, 0.15) is 5.69 Å². The summed E-state index contributed by atoms with van der Waals surface area (Å²) in [5, 5.41) is 9.74. The van der Waals surface area contributed by atoms with Crippen molar-refractivity contribution in [2.75, 3.05) is 13.2 Å². The van der Waals surface area contributed by atoms with Crippen LogP contribution in [0.1, 0.15) is 23.3 Å². The van der Waals surface area contributed by atoms with E-state index in [2.05, 4.69) is 0 Å². The molecule has 0 aliphatic carbocycles. The van der Waals surface area contributed by atoms with E-state index >= 15 is 0 Å². The highest BCUT2D eigenvalue weighted by Gasteiger charge is 2.29. The maximum Gasteiger partial charge on any atom is 0.270 e. The second kappa shape index (κ2) is 4.47. The minimum atomic E-state index is -0.0500. The van der Waals surface area contributed by atoms with Crippen LogP contribution < -0.4 is 0 Å². The van der Waals surface area contributed by atoms with Crippen LogP contribution in [-0.2, 0) is 7.05 Å². The van der Waals surface area contributed by atoms with Crippen LogP contribution in [0.4, 0.5) is 0 Å². The van der Waals surface area contributed by atoms with Crippen LogP contribution in [0.25, 0.3) is 0 Å². The molecule has 0 spiro atoms. The number of rotatable bonds is 2. The standard InChI is InChI=1S/C11H15ClN2O2/c1-13-6-8(12)5-10(13)11(16)14-4-2-3-9(14)7-15/h5-6,9,15H,2-4,7H2,1H3/t9-/m0/s1. The summed E-state index contributed by atoms with van der Waals surface area (Å²) in [6.45, 7) is 0.747. The number of aryl methyl sites for hydroxylation is 1. The molecule has 1 aliphatic heterocycles. The first-order valence-electron chi connectivity index (χ1n) is 5.37. The average molecular weight is 243 g/mol. The van der Waals surface area contributed by atoms with Crippen molar-refractivity contribution < 1.29 is 9.90 Å². The van der Waals surface area contributed by atoms with Crippen molar-refractivity contribution in [1.29, 1.82) is 0 Å². The van der Waals surface area contributed by atoms with Gasteiger partial charge in [-0.25, -0.2) is 0 Å². The van der Waals surface area contributed by atoms with Gasteiger partial charge in [0, 0.05) is 19.8 Å². The quantitative estimate of drug-likeness (QED) is 0.849. The van der Waals surface area contributed by atoms with Gasteiger partial charge in [-0.3, -0.25) is 4.79 Å². The Morgan fingerprint density at radius 2 is 2.44 bits per heavy atom. The Morgan fingerprint density at radius 3 is 3.00 bits per heavy atom. The molecule has 1 atom stereocenters. The molecule has 5 heteroatoms. The number of aromatic nitrogens is 1. The van der Waals surface area contributed by atoms with Crippen molar-refractivity contribution in [3.63, 3.8) is 0 Å². The fourth-order valence-corrected chi connectivity index (χ4v) is 2.43. The summed E-state index contributed by atoms with van der Waals surface area (Å²) in [5.41, 5.74) is 0.574. The van der Waals surface area contributed by atoms with Gasteiger partial charge in [-0.2, -0.15) is 0 Å². The first-order valence-corrected chi connectivity index (χ1v) is 5.75. The van der Waals surface area contributed by atoms with Crippen LogP contribution in [0.3, 0.4) is 0 Å². The van der Waals surface area contributed by atoms with Gasteiger partial charge in [-0.05, 0) is 18.9 Å². The highest BCUT2D eigenvalue weighted by Crippen LogP contribution is 2.21. The minimum Gasteiger partial charge on any atom is -0.394 e. The minimum absolute atomic E-state index is 0.0316. The summed E-state index contributed by atoms with van der Waals surface area (Å²) in [5.74, 6) is -0.0500. The number of carbonyl (C=O) groups is 1. The van der Waals surface area contributed by atoms with Crippen molar-refractivity contribution in [2.24, 2.45) is 7.05 Å². The molecule has 88 valence electrons. The third-order valence-electron chi connectivity index (χ3n) is 3.04. The van der Waals surface area contributed by atoms with Gasteiger partial charge in [0.25, 0.3) is 5.91 Å². The second-order valence-corrected chi connectivity index (χ2v) is 4.57. The van der Waals surface area contributed by atoms with E-state index in [1.807, 2.05) is 0 Å². The van der Waals surface area contributed by atoms with E-state index in [1.165, 1.54) is 0 Å². The lowest BCUT2D eigenvalue weighted by atomic mass is 10.2. The zero-order valence-electron chi connectivity index (χ0n) is 9.19. The first-order chi connectivity index (χ1) is 7.63. The summed E-state index contributed by atoms with van der Waals surface area (Å²) in [4.78, 5) is 13.9. The zero-order chi connectivity index (χ0) is 11.7. The van der Waals surface area contributed by atoms with E-state index < -0.39 is 0 Å². The highest BCUT2D eigenvalue weighted by atomic mass is 35.5. The van der Waals surface area contributed by atoms with E-state index in [4.69, 9.17) is 11.6 Å². The molecule has 1 N–H and O–H groups in total. The summed E-state index contributed by atoms with van der Waals surface area (Å²) in [7, 11) is 1.79. The van der Waals surface area contributed by atoms with Gasteiger partial charge >= 0.3 is 0 Å². The molecule has 16 heavy (non-hydrogen) atoms. The molecule has 4 nitrogen and oxygen atoms in total. The molecule has 1 aromatic heterocycles. The van der Waals surface area contributed by atoms with E-state index in [0.717, 1.165) is 12.8 Å². The van der Waals surface area contributed by atoms with Gasteiger partial charge in [-0.1, -0.05) is 11.6 Å². The maximum absolute atomic E-state index is 12.2. The SMILES string of the molecule is Cn1cc(Cl)cc1C(=O)N1CCC[C@H]1CO. The number of carbonyl (C=O) groups excluding carboxylic acids is 1. The van der Waals surface area contributed by atoms with E-state index in [0.29, 0.717) is 17.3 Å². The lowest BCUT2D eigenvalue weighted by molar-refractivity contribution is 0.0668. The lowest BCUT2D eigenvalue weighted by Crippen LogP contribution is -2.38. The highest BCUT2D eigenvalue weighted by molar-refractivity contribution is 6.31. The fraction of sp³-hybridized carbons (Fsp3) is 0.545. The van der Waals surface area contributed by atoms with Crippen LogP contribution in [0.5, 0.6) is 0 Å². The number of hydrogen-bond donors (Lipinski definition) is 1. The van der Waals surface area contributed by atoms with Gasteiger partial charge in [0.2, 0.25) is 0 Å². The molecule has 1 aliphatic rings. The van der Waals surface area contributed by atoms with E-state index in [-0.39, 0.29) is 18.6 Å². The Kier molecular flexibility index (Phi) is 3.21. The smallest absolute Gasteiger partial charge is 0.270 e. The fourth-order valence-electron chi connectivity index (χ4n) is 2.18. The molecule has 2 rings (SSSR count). The van der Waals surface area contributed by atoms with Crippen LogP contribution in [0.15, 0.2) is 12.3 Å². The third-order valence-corrected chi connectivity index (χ3v) is 3.25. The number of hydrogen-bond acceptors (Lipinski definition) is 2. The summed E-state index contributed by atoms with van der Waals surface area (Å²) >= 11 is 5.85. The Labute approximate surface area is 99.4 Å². The maximum atomic E-state index is 12.2. The number of likely N-dealkylation sites (tertiary alicyclic amines) is 1. The molecule has 1 amide bonds. The molecule has 2 heterocycles. The molecule has 0 saturated carbocycles. The van der Waals surface area contributed by atoms with Crippen LogP contribution in [0.2, 0.25) is 5.02 Å².